The molecule has 2 rings (SSSR count). The summed E-state index contributed by atoms with van der Waals surface area (Å²) in [5.41, 5.74) is 0. The number of likely N-dealkylation sites (tertiary alicyclic amines) is 2. The maximum absolute atomic E-state index is 4.79. The van der Waals surface area contributed by atoms with Crippen molar-refractivity contribution < 1.29 is 0 Å². The summed E-state index contributed by atoms with van der Waals surface area (Å²) in [6, 6.07) is 0. The lowest BCUT2D eigenvalue weighted by atomic mass is 9.94. The molecule has 6 heteroatoms. The molecule has 0 saturated carbocycles. The number of hydrogen-bond donors (Lipinski definition) is 2. The van der Waals surface area contributed by atoms with Crippen molar-refractivity contribution in [1.29, 1.82) is 0 Å². The second-order valence-corrected chi connectivity index (χ2v) is 7.26. The van der Waals surface area contributed by atoms with Crippen molar-refractivity contribution >= 4 is 29.9 Å². The van der Waals surface area contributed by atoms with Crippen LogP contribution in [0.15, 0.2) is 4.99 Å². The Morgan fingerprint density at radius 3 is 2.32 bits per heavy atom. The van der Waals surface area contributed by atoms with Crippen LogP contribution in [0.3, 0.4) is 0 Å². The molecule has 0 unspecified atom stereocenters. The monoisotopic (exact) mass is 465 g/mol. The van der Waals surface area contributed by atoms with E-state index < -0.39 is 0 Å². The van der Waals surface area contributed by atoms with Crippen LogP contribution in [0.25, 0.3) is 0 Å². The summed E-state index contributed by atoms with van der Waals surface area (Å²) >= 11 is 0. The quantitative estimate of drug-likeness (QED) is 0.329. The van der Waals surface area contributed by atoms with Gasteiger partial charge in [0.15, 0.2) is 5.96 Å². The molecule has 0 bridgehead atoms. The molecule has 0 aromatic heterocycles. The van der Waals surface area contributed by atoms with Gasteiger partial charge in [-0.3, -0.25) is 4.99 Å². The highest BCUT2D eigenvalue weighted by molar-refractivity contribution is 14.0. The zero-order chi connectivity index (χ0) is 17.0. The van der Waals surface area contributed by atoms with Crippen LogP contribution in [0.5, 0.6) is 0 Å². The molecule has 0 aromatic rings. The second-order valence-electron chi connectivity index (χ2n) is 7.26. The molecule has 0 aromatic carbocycles. The molecule has 2 aliphatic rings. The minimum Gasteiger partial charge on any atom is -0.357 e. The van der Waals surface area contributed by atoms with Crippen LogP contribution in [-0.4, -0.2) is 74.7 Å². The van der Waals surface area contributed by atoms with Gasteiger partial charge < -0.3 is 20.4 Å². The highest BCUT2D eigenvalue weighted by Gasteiger charge is 2.17. The van der Waals surface area contributed by atoms with Gasteiger partial charge in [-0.1, -0.05) is 13.3 Å². The third kappa shape index (κ3) is 9.43. The number of rotatable bonds is 8. The van der Waals surface area contributed by atoms with Crippen LogP contribution in [-0.2, 0) is 0 Å². The first-order valence-corrected chi connectivity index (χ1v) is 10.3. The number of piperidine rings is 2. The second kappa shape index (κ2) is 14.0. The SMILES string of the molecule is CCNC(=NCCC1CCN(CC)CC1)NCCN1CCCCC1.I. The summed E-state index contributed by atoms with van der Waals surface area (Å²) in [7, 11) is 0. The van der Waals surface area contributed by atoms with Gasteiger partial charge in [-0.25, -0.2) is 0 Å². The van der Waals surface area contributed by atoms with Gasteiger partial charge in [0.05, 0.1) is 0 Å². The van der Waals surface area contributed by atoms with Crippen LogP contribution in [0, 0.1) is 5.92 Å². The Bertz CT molecular complexity index is 350. The standard InChI is InChI=1S/C19H39N5.HI/c1-3-20-19(22-12-17-24-13-6-5-7-14-24)21-11-8-18-9-15-23(4-2)16-10-18;/h18H,3-17H2,1-2H3,(H2,20,21,22);1H. The summed E-state index contributed by atoms with van der Waals surface area (Å²) in [5.74, 6) is 1.87. The fourth-order valence-electron chi connectivity index (χ4n) is 3.81. The molecule has 25 heavy (non-hydrogen) atoms. The van der Waals surface area contributed by atoms with Gasteiger partial charge in [0.2, 0.25) is 0 Å². The van der Waals surface area contributed by atoms with E-state index in [1.54, 1.807) is 0 Å². The van der Waals surface area contributed by atoms with E-state index in [0.717, 1.165) is 38.1 Å². The predicted molar refractivity (Wildman–Crippen MR) is 119 cm³/mol. The first-order valence-electron chi connectivity index (χ1n) is 10.3. The lowest BCUT2D eigenvalue weighted by Gasteiger charge is -2.30. The molecule has 0 aliphatic carbocycles. The molecule has 2 saturated heterocycles. The van der Waals surface area contributed by atoms with Crippen molar-refractivity contribution in [2.75, 3.05) is 58.9 Å². The molecule has 0 atom stereocenters. The number of nitrogens with one attached hydrogen (secondary N) is 2. The van der Waals surface area contributed by atoms with Crippen LogP contribution >= 0.6 is 24.0 Å². The lowest BCUT2D eigenvalue weighted by molar-refractivity contribution is 0.188. The number of halogens is 1. The van der Waals surface area contributed by atoms with Crippen molar-refractivity contribution in [3.63, 3.8) is 0 Å². The van der Waals surface area contributed by atoms with Gasteiger partial charge in [-0.2, -0.15) is 0 Å². The summed E-state index contributed by atoms with van der Waals surface area (Å²) in [5, 5.41) is 6.90. The van der Waals surface area contributed by atoms with E-state index in [1.807, 2.05) is 0 Å². The molecule has 0 spiro atoms. The number of aliphatic imine (C=N–C) groups is 1. The third-order valence-electron chi connectivity index (χ3n) is 5.48. The highest BCUT2D eigenvalue weighted by atomic mass is 127. The van der Waals surface area contributed by atoms with Crippen molar-refractivity contribution in [3.8, 4) is 0 Å². The molecule has 0 radical (unpaired) electrons. The van der Waals surface area contributed by atoms with Crippen molar-refractivity contribution in [2.24, 2.45) is 10.9 Å². The number of hydrogen-bond acceptors (Lipinski definition) is 3. The third-order valence-corrected chi connectivity index (χ3v) is 5.48. The van der Waals surface area contributed by atoms with Gasteiger partial charge in [0, 0.05) is 26.2 Å². The average Bonchev–Trinajstić information content (AvgIpc) is 2.63. The van der Waals surface area contributed by atoms with Gasteiger partial charge in [0.25, 0.3) is 0 Å². The van der Waals surface area contributed by atoms with Crippen LogP contribution in [0.2, 0.25) is 0 Å². The largest absolute Gasteiger partial charge is 0.357 e. The van der Waals surface area contributed by atoms with Gasteiger partial charge in [0.1, 0.15) is 0 Å². The van der Waals surface area contributed by atoms with E-state index in [9.17, 15) is 0 Å². The number of guanidine groups is 1. The zero-order valence-electron chi connectivity index (χ0n) is 16.4. The van der Waals surface area contributed by atoms with Crippen LogP contribution in [0.4, 0.5) is 0 Å². The molecule has 2 heterocycles. The van der Waals surface area contributed by atoms with E-state index in [0.29, 0.717) is 0 Å². The molecule has 2 aliphatic heterocycles. The molecular weight excluding hydrogens is 425 g/mol. The van der Waals surface area contributed by atoms with Crippen LogP contribution < -0.4 is 10.6 Å². The highest BCUT2D eigenvalue weighted by Crippen LogP contribution is 2.20. The smallest absolute Gasteiger partial charge is 0.191 e. The Balaban J connectivity index is 0.00000312. The van der Waals surface area contributed by atoms with Crippen molar-refractivity contribution in [1.82, 2.24) is 20.4 Å². The fraction of sp³-hybridized carbons (Fsp3) is 0.947. The summed E-state index contributed by atoms with van der Waals surface area (Å²) < 4.78 is 0. The van der Waals surface area contributed by atoms with E-state index >= 15 is 0 Å². The van der Waals surface area contributed by atoms with Crippen molar-refractivity contribution in [2.45, 2.75) is 52.4 Å². The Morgan fingerprint density at radius 2 is 1.68 bits per heavy atom. The minimum atomic E-state index is 0. The molecule has 0 amide bonds. The van der Waals surface area contributed by atoms with E-state index in [-0.39, 0.29) is 24.0 Å². The first kappa shape index (κ1) is 23.0. The number of nitrogens with zero attached hydrogens (tertiary/aromatic N) is 3. The van der Waals surface area contributed by atoms with E-state index in [4.69, 9.17) is 4.99 Å². The average molecular weight is 465 g/mol. The van der Waals surface area contributed by atoms with Gasteiger partial charge >= 0.3 is 0 Å². The summed E-state index contributed by atoms with van der Waals surface area (Å²) in [6.07, 6.45) is 8.08. The molecule has 148 valence electrons. The summed E-state index contributed by atoms with van der Waals surface area (Å²) in [4.78, 5) is 9.92. The fourth-order valence-corrected chi connectivity index (χ4v) is 3.81. The van der Waals surface area contributed by atoms with E-state index in [1.165, 1.54) is 71.2 Å². The summed E-state index contributed by atoms with van der Waals surface area (Å²) in [6.45, 7) is 14.7. The minimum absolute atomic E-state index is 0. The van der Waals surface area contributed by atoms with Gasteiger partial charge in [-0.15, -0.1) is 24.0 Å². The van der Waals surface area contributed by atoms with Gasteiger partial charge in [-0.05, 0) is 77.7 Å². The topological polar surface area (TPSA) is 42.9 Å². The Labute approximate surface area is 172 Å². The first-order chi connectivity index (χ1) is 11.8. The lowest BCUT2D eigenvalue weighted by Crippen LogP contribution is -2.42. The van der Waals surface area contributed by atoms with Crippen LogP contribution in [0.1, 0.15) is 52.4 Å². The maximum atomic E-state index is 4.79. The van der Waals surface area contributed by atoms with Crippen molar-refractivity contribution in [3.05, 3.63) is 0 Å². The van der Waals surface area contributed by atoms with E-state index in [2.05, 4.69) is 34.3 Å². The Morgan fingerprint density at radius 1 is 0.960 bits per heavy atom. The predicted octanol–water partition coefficient (Wildman–Crippen LogP) is 2.77. The molecule has 2 N–H and O–H groups in total. The molecule has 5 nitrogen and oxygen atoms in total. The Hall–Kier alpha value is -0.0800. The molecule has 2 fully saturated rings. The maximum Gasteiger partial charge on any atom is 0.191 e. The Kier molecular flexibility index (Phi) is 12.9. The molecular formula is C19H40IN5. The zero-order valence-corrected chi connectivity index (χ0v) is 18.8. The normalized spacial score (nSPS) is 21.0.